The van der Waals surface area contributed by atoms with Crippen molar-refractivity contribution < 1.29 is 19.4 Å². The van der Waals surface area contributed by atoms with E-state index in [1.54, 1.807) is 16.7 Å². The van der Waals surface area contributed by atoms with Crippen molar-refractivity contribution in [2.75, 3.05) is 26.3 Å². The monoisotopic (exact) mass is 439 g/mol. The molecule has 8 heteroatoms. The number of aromatic amines is 1. The summed E-state index contributed by atoms with van der Waals surface area (Å²) in [5, 5.41) is 9.19. The van der Waals surface area contributed by atoms with Gasteiger partial charge in [0.05, 0.1) is 29.8 Å². The number of piperidine rings is 1. The maximum atomic E-state index is 12.6. The smallest absolute Gasteiger partial charge is 0.335 e. The summed E-state index contributed by atoms with van der Waals surface area (Å²) in [4.78, 5) is 29.0. The molecule has 32 heavy (non-hydrogen) atoms. The summed E-state index contributed by atoms with van der Waals surface area (Å²) in [6, 6.07) is 11.0. The number of fused-ring (bicyclic) bond motifs is 1. The van der Waals surface area contributed by atoms with Gasteiger partial charge < -0.3 is 19.6 Å². The Labute approximate surface area is 186 Å². The minimum absolute atomic E-state index is 0.0856. The number of carboxylic acids is 1. The molecule has 1 aliphatic heterocycles. The Bertz CT molecular complexity index is 1160. The number of ether oxygens (including phenoxy) is 2. The van der Waals surface area contributed by atoms with Crippen molar-refractivity contribution in [2.24, 2.45) is 0 Å². The number of hydrogen-bond acceptors (Lipinski definition) is 5. The van der Waals surface area contributed by atoms with Crippen molar-refractivity contribution in [1.82, 2.24) is 14.5 Å². The van der Waals surface area contributed by atoms with E-state index in [0.717, 1.165) is 49.5 Å². The quantitative estimate of drug-likeness (QED) is 0.556. The molecule has 3 aromatic rings. The Morgan fingerprint density at radius 1 is 1.06 bits per heavy atom. The van der Waals surface area contributed by atoms with Crippen molar-refractivity contribution in [3.05, 3.63) is 58.0 Å². The lowest BCUT2D eigenvalue weighted by molar-refractivity contribution is 0.0697. The number of aromatic carboxylic acids is 1. The minimum Gasteiger partial charge on any atom is -0.490 e. The number of carbonyl (C=O) groups is 1. The number of rotatable bonds is 8. The Balaban J connectivity index is 1.45. The molecule has 1 fully saturated rings. The highest BCUT2D eigenvalue weighted by Crippen LogP contribution is 2.30. The van der Waals surface area contributed by atoms with Crippen molar-refractivity contribution in [1.29, 1.82) is 0 Å². The molecule has 2 heterocycles. The number of nitrogens with zero attached hydrogens (tertiary/aromatic N) is 2. The maximum absolute atomic E-state index is 12.6. The van der Waals surface area contributed by atoms with E-state index in [2.05, 4.69) is 16.0 Å². The molecule has 0 radical (unpaired) electrons. The molecule has 4 rings (SSSR count). The Morgan fingerprint density at radius 2 is 1.78 bits per heavy atom. The third-order valence-corrected chi connectivity index (χ3v) is 5.90. The van der Waals surface area contributed by atoms with Gasteiger partial charge in [-0.2, -0.15) is 0 Å². The third-order valence-electron chi connectivity index (χ3n) is 5.90. The van der Waals surface area contributed by atoms with Crippen LogP contribution in [0.5, 0.6) is 11.5 Å². The average molecular weight is 440 g/mol. The molecule has 2 aromatic carbocycles. The van der Waals surface area contributed by atoms with Crippen LogP contribution in [0.15, 0.2) is 41.2 Å². The van der Waals surface area contributed by atoms with E-state index in [-0.39, 0.29) is 17.3 Å². The van der Waals surface area contributed by atoms with Gasteiger partial charge in [-0.3, -0.25) is 9.47 Å². The van der Waals surface area contributed by atoms with Crippen LogP contribution >= 0.6 is 0 Å². The van der Waals surface area contributed by atoms with Crippen molar-refractivity contribution in [3.63, 3.8) is 0 Å². The van der Waals surface area contributed by atoms with E-state index in [4.69, 9.17) is 9.47 Å². The lowest BCUT2D eigenvalue weighted by Gasteiger charge is -2.32. The molecule has 0 saturated carbocycles. The topological polar surface area (TPSA) is 96.8 Å². The van der Waals surface area contributed by atoms with Gasteiger partial charge in [-0.05, 0) is 62.6 Å². The summed E-state index contributed by atoms with van der Waals surface area (Å²) in [5.74, 6) is 0.532. The van der Waals surface area contributed by atoms with Gasteiger partial charge in [0.15, 0.2) is 11.5 Å². The van der Waals surface area contributed by atoms with Crippen LogP contribution in [-0.2, 0) is 6.54 Å². The van der Waals surface area contributed by atoms with Crippen LogP contribution in [-0.4, -0.2) is 51.8 Å². The van der Waals surface area contributed by atoms with Gasteiger partial charge >= 0.3 is 11.7 Å². The lowest BCUT2D eigenvalue weighted by atomic mass is 10.0. The van der Waals surface area contributed by atoms with E-state index < -0.39 is 5.97 Å². The zero-order valence-electron chi connectivity index (χ0n) is 18.5. The van der Waals surface area contributed by atoms with Gasteiger partial charge in [-0.15, -0.1) is 0 Å². The van der Waals surface area contributed by atoms with Gasteiger partial charge in [0, 0.05) is 25.7 Å². The fourth-order valence-electron chi connectivity index (χ4n) is 4.41. The molecule has 0 bridgehead atoms. The highest BCUT2D eigenvalue weighted by atomic mass is 16.5. The molecule has 1 aromatic heterocycles. The molecule has 170 valence electrons. The first-order valence-corrected chi connectivity index (χ1v) is 11.1. The Kier molecular flexibility index (Phi) is 6.50. The molecule has 8 nitrogen and oxygen atoms in total. The predicted molar refractivity (Wildman–Crippen MR) is 122 cm³/mol. The highest BCUT2D eigenvalue weighted by Gasteiger charge is 2.24. The normalized spacial score (nSPS) is 15.2. The highest BCUT2D eigenvalue weighted by molar-refractivity contribution is 5.92. The SMILES string of the molecule is CCOc1ccc(CN2CCC(n3c(=O)[nH]c4cc(C(=O)O)ccc43)CC2)cc1OCC. The minimum atomic E-state index is -1.00. The third kappa shape index (κ3) is 4.50. The van der Waals surface area contributed by atoms with Crippen molar-refractivity contribution in [3.8, 4) is 11.5 Å². The first-order valence-electron chi connectivity index (χ1n) is 11.1. The number of benzene rings is 2. The molecular weight excluding hydrogens is 410 g/mol. The van der Waals surface area contributed by atoms with E-state index in [0.29, 0.717) is 18.7 Å². The number of nitrogens with one attached hydrogen (secondary N) is 1. The lowest BCUT2D eigenvalue weighted by Crippen LogP contribution is -2.36. The van der Waals surface area contributed by atoms with Crippen molar-refractivity contribution >= 4 is 17.0 Å². The first kappa shape index (κ1) is 22.0. The first-order chi connectivity index (χ1) is 15.5. The van der Waals surface area contributed by atoms with Gasteiger partial charge in [0.1, 0.15) is 0 Å². The summed E-state index contributed by atoms with van der Waals surface area (Å²) >= 11 is 0. The van der Waals surface area contributed by atoms with E-state index in [1.807, 2.05) is 26.0 Å². The number of imidazole rings is 1. The number of carboxylic acid groups (broad SMARTS) is 1. The summed E-state index contributed by atoms with van der Waals surface area (Å²) in [6.07, 6.45) is 1.70. The van der Waals surface area contributed by atoms with Crippen LogP contribution < -0.4 is 15.2 Å². The van der Waals surface area contributed by atoms with Gasteiger partial charge in [-0.1, -0.05) is 6.07 Å². The molecule has 1 saturated heterocycles. The van der Waals surface area contributed by atoms with E-state index in [1.165, 1.54) is 11.6 Å². The number of likely N-dealkylation sites (tertiary alicyclic amines) is 1. The number of H-pyrrole nitrogens is 1. The molecule has 2 N–H and O–H groups in total. The molecule has 0 amide bonds. The summed E-state index contributed by atoms with van der Waals surface area (Å²) < 4.78 is 13.2. The number of aromatic nitrogens is 2. The van der Waals surface area contributed by atoms with Crippen LogP contribution in [0.4, 0.5) is 0 Å². The Morgan fingerprint density at radius 3 is 2.47 bits per heavy atom. The maximum Gasteiger partial charge on any atom is 0.335 e. The zero-order chi connectivity index (χ0) is 22.7. The van der Waals surface area contributed by atoms with E-state index in [9.17, 15) is 14.7 Å². The largest absolute Gasteiger partial charge is 0.490 e. The summed E-state index contributed by atoms with van der Waals surface area (Å²) in [6.45, 7) is 7.65. The van der Waals surface area contributed by atoms with Gasteiger partial charge in [-0.25, -0.2) is 9.59 Å². The van der Waals surface area contributed by atoms with Crippen LogP contribution in [0.2, 0.25) is 0 Å². The van der Waals surface area contributed by atoms with Gasteiger partial charge in [0.2, 0.25) is 0 Å². The fraction of sp³-hybridized carbons (Fsp3) is 0.417. The van der Waals surface area contributed by atoms with Crippen LogP contribution in [0.1, 0.15) is 48.7 Å². The molecule has 1 aliphatic rings. The second-order valence-electron chi connectivity index (χ2n) is 7.99. The summed E-state index contributed by atoms with van der Waals surface area (Å²) in [5.41, 5.74) is 2.47. The molecular formula is C24H29N3O5. The molecule has 0 atom stereocenters. The van der Waals surface area contributed by atoms with E-state index >= 15 is 0 Å². The zero-order valence-corrected chi connectivity index (χ0v) is 18.5. The van der Waals surface area contributed by atoms with Crippen LogP contribution in [0.25, 0.3) is 11.0 Å². The standard InChI is InChI=1S/C24H29N3O5/c1-3-31-21-8-5-16(13-22(21)32-4-2)15-26-11-9-18(10-12-26)27-20-7-6-17(23(28)29)14-19(20)25-24(27)30/h5-8,13-14,18H,3-4,9-12,15H2,1-2H3,(H,25,30)(H,28,29). The Hall–Kier alpha value is -3.26. The van der Waals surface area contributed by atoms with Gasteiger partial charge in [0.25, 0.3) is 0 Å². The predicted octanol–water partition coefficient (Wildman–Crippen LogP) is 3.66. The average Bonchev–Trinajstić information content (AvgIpc) is 3.11. The summed E-state index contributed by atoms with van der Waals surface area (Å²) in [7, 11) is 0. The number of hydrogen-bond donors (Lipinski definition) is 2. The second kappa shape index (κ2) is 9.48. The van der Waals surface area contributed by atoms with Crippen LogP contribution in [0, 0.1) is 0 Å². The molecule has 0 spiro atoms. The molecule has 0 aliphatic carbocycles. The second-order valence-corrected chi connectivity index (χ2v) is 7.99. The fourth-order valence-corrected chi connectivity index (χ4v) is 4.41. The van der Waals surface area contributed by atoms with Crippen molar-refractivity contribution in [2.45, 2.75) is 39.3 Å². The van der Waals surface area contributed by atoms with Crippen LogP contribution in [0.3, 0.4) is 0 Å². The molecule has 0 unspecified atom stereocenters.